The first-order chi connectivity index (χ1) is 6.22. The molecule has 2 N–H and O–H groups in total. The van der Waals surface area contributed by atoms with Crippen molar-refractivity contribution in [2.45, 2.75) is 6.42 Å². The van der Waals surface area contributed by atoms with Crippen LogP contribution in [-0.4, -0.2) is 51.1 Å². The van der Waals surface area contributed by atoms with Gasteiger partial charge in [0, 0.05) is 13.1 Å². The van der Waals surface area contributed by atoms with Crippen LogP contribution in [0.2, 0.25) is 0 Å². The van der Waals surface area contributed by atoms with Crippen molar-refractivity contribution in [3.05, 3.63) is 0 Å². The molecule has 13 heavy (non-hydrogen) atoms. The smallest absolute Gasteiger partial charge is 0.233 e. The van der Waals surface area contributed by atoms with Crippen LogP contribution in [-0.2, 0) is 4.79 Å². The second-order valence-electron chi connectivity index (χ2n) is 3.75. The van der Waals surface area contributed by atoms with Crippen molar-refractivity contribution in [1.82, 2.24) is 15.5 Å². The van der Waals surface area contributed by atoms with Crippen molar-refractivity contribution in [3.63, 3.8) is 0 Å². The van der Waals surface area contributed by atoms with Crippen molar-refractivity contribution in [2.24, 2.45) is 5.92 Å². The van der Waals surface area contributed by atoms with E-state index < -0.39 is 0 Å². The number of nitrogens with one attached hydrogen (secondary N) is 2. The number of hydrogen-bond donors (Lipinski definition) is 2. The van der Waals surface area contributed by atoms with Gasteiger partial charge in [0.1, 0.15) is 0 Å². The van der Waals surface area contributed by atoms with Gasteiger partial charge in [0.15, 0.2) is 0 Å². The van der Waals surface area contributed by atoms with Crippen LogP contribution in [0.15, 0.2) is 0 Å². The van der Waals surface area contributed by atoms with Crippen molar-refractivity contribution in [2.75, 3.05) is 40.3 Å². The maximum atomic E-state index is 11.1. The molecule has 1 unspecified atom stereocenters. The SMILES string of the molecule is CNCC(=O)NCC1CCN(C)C1. The maximum Gasteiger partial charge on any atom is 0.233 e. The van der Waals surface area contributed by atoms with E-state index in [4.69, 9.17) is 0 Å². The lowest BCUT2D eigenvalue weighted by Gasteiger charge is -2.11. The molecule has 0 aromatic carbocycles. The molecule has 0 aliphatic carbocycles. The normalized spacial score (nSPS) is 23.4. The quantitative estimate of drug-likeness (QED) is 0.607. The molecule has 1 aliphatic rings. The Balaban J connectivity index is 2.09. The van der Waals surface area contributed by atoms with Crippen molar-refractivity contribution in [3.8, 4) is 0 Å². The number of nitrogens with zero attached hydrogens (tertiary/aromatic N) is 1. The third kappa shape index (κ3) is 3.74. The Kier molecular flexibility index (Phi) is 4.18. The third-order valence-corrected chi connectivity index (χ3v) is 2.41. The predicted octanol–water partition coefficient (Wildman–Crippen LogP) is -0.726. The number of carbonyl (C=O) groups is 1. The molecule has 4 heteroatoms. The van der Waals surface area contributed by atoms with E-state index in [2.05, 4.69) is 22.6 Å². The van der Waals surface area contributed by atoms with Crippen molar-refractivity contribution >= 4 is 5.91 Å². The lowest BCUT2D eigenvalue weighted by molar-refractivity contribution is -0.120. The predicted molar refractivity (Wildman–Crippen MR) is 52.5 cm³/mol. The number of carbonyl (C=O) groups excluding carboxylic acids is 1. The fourth-order valence-electron chi connectivity index (χ4n) is 1.67. The Hall–Kier alpha value is -0.610. The zero-order chi connectivity index (χ0) is 9.68. The van der Waals surface area contributed by atoms with Crippen LogP contribution in [0.5, 0.6) is 0 Å². The molecule has 1 atom stereocenters. The molecule has 0 aromatic heterocycles. The Bertz CT molecular complexity index is 172. The molecule has 0 bridgehead atoms. The topological polar surface area (TPSA) is 44.4 Å². The monoisotopic (exact) mass is 185 g/mol. The van der Waals surface area contributed by atoms with Crippen LogP contribution in [0.25, 0.3) is 0 Å². The van der Waals surface area contributed by atoms with Crippen LogP contribution in [0.1, 0.15) is 6.42 Å². The first-order valence-electron chi connectivity index (χ1n) is 4.82. The Morgan fingerprint density at radius 1 is 1.62 bits per heavy atom. The van der Waals surface area contributed by atoms with E-state index in [1.807, 2.05) is 0 Å². The van der Waals surface area contributed by atoms with Crippen LogP contribution in [0.4, 0.5) is 0 Å². The highest BCUT2D eigenvalue weighted by Gasteiger charge is 2.19. The van der Waals surface area contributed by atoms with Crippen molar-refractivity contribution in [1.29, 1.82) is 0 Å². The van der Waals surface area contributed by atoms with Gasteiger partial charge in [-0.2, -0.15) is 0 Å². The zero-order valence-corrected chi connectivity index (χ0v) is 8.47. The average Bonchev–Trinajstić information content (AvgIpc) is 2.49. The molecule has 0 saturated carbocycles. The highest BCUT2D eigenvalue weighted by molar-refractivity contribution is 5.77. The second-order valence-corrected chi connectivity index (χ2v) is 3.75. The first-order valence-corrected chi connectivity index (χ1v) is 4.82. The van der Waals surface area contributed by atoms with Gasteiger partial charge in [-0.25, -0.2) is 0 Å². The fraction of sp³-hybridized carbons (Fsp3) is 0.889. The molecule has 1 heterocycles. The third-order valence-electron chi connectivity index (χ3n) is 2.41. The van der Waals surface area contributed by atoms with E-state index >= 15 is 0 Å². The van der Waals surface area contributed by atoms with E-state index in [0.717, 1.165) is 19.6 Å². The van der Waals surface area contributed by atoms with Crippen LogP contribution in [0, 0.1) is 5.92 Å². The van der Waals surface area contributed by atoms with E-state index in [0.29, 0.717) is 12.5 Å². The molecule has 1 rings (SSSR count). The van der Waals surface area contributed by atoms with Gasteiger partial charge in [0.2, 0.25) is 5.91 Å². The van der Waals surface area contributed by atoms with E-state index in [1.165, 1.54) is 6.42 Å². The van der Waals surface area contributed by atoms with Gasteiger partial charge in [-0.3, -0.25) is 4.79 Å². The Labute approximate surface area is 79.7 Å². The van der Waals surface area contributed by atoms with E-state index in [9.17, 15) is 4.79 Å². The Morgan fingerprint density at radius 2 is 2.38 bits per heavy atom. The van der Waals surface area contributed by atoms with E-state index in [1.54, 1.807) is 7.05 Å². The maximum absolute atomic E-state index is 11.1. The summed E-state index contributed by atoms with van der Waals surface area (Å²) in [6, 6.07) is 0. The summed E-state index contributed by atoms with van der Waals surface area (Å²) in [7, 11) is 3.90. The van der Waals surface area contributed by atoms with Gasteiger partial charge in [0.05, 0.1) is 6.54 Å². The van der Waals surface area contributed by atoms with Gasteiger partial charge >= 0.3 is 0 Å². The molecule has 0 aromatic rings. The minimum absolute atomic E-state index is 0.0945. The molecule has 1 fully saturated rings. The highest BCUT2D eigenvalue weighted by Crippen LogP contribution is 2.12. The molecular weight excluding hydrogens is 166 g/mol. The summed E-state index contributed by atoms with van der Waals surface area (Å²) >= 11 is 0. The zero-order valence-electron chi connectivity index (χ0n) is 8.47. The molecular formula is C9H19N3O. The summed E-state index contributed by atoms with van der Waals surface area (Å²) in [6.07, 6.45) is 1.20. The van der Waals surface area contributed by atoms with Gasteiger partial charge in [-0.05, 0) is 33.0 Å². The summed E-state index contributed by atoms with van der Waals surface area (Å²) in [5, 5.41) is 5.75. The van der Waals surface area contributed by atoms with E-state index in [-0.39, 0.29) is 5.91 Å². The van der Waals surface area contributed by atoms with Gasteiger partial charge in [-0.15, -0.1) is 0 Å². The standard InChI is InChI=1S/C9H19N3O/c1-10-6-9(13)11-5-8-3-4-12(2)7-8/h8,10H,3-7H2,1-2H3,(H,11,13). The number of hydrogen-bond acceptors (Lipinski definition) is 3. The first kappa shape index (κ1) is 10.5. The number of amides is 1. The summed E-state index contributed by atoms with van der Waals surface area (Å²) in [6.45, 7) is 3.51. The van der Waals surface area contributed by atoms with Gasteiger partial charge < -0.3 is 15.5 Å². The number of likely N-dealkylation sites (tertiary alicyclic amines) is 1. The minimum Gasteiger partial charge on any atom is -0.355 e. The lowest BCUT2D eigenvalue weighted by Crippen LogP contribution is -2.35. The second kappa shape index (κ2) is 5.19. The number of likely N-dealkylation sites (N-methyl/N-ethyl adjacent to an activating group) is 1. The van der Waals surface area contributed by atoms with Gasteiger partial charge in [0.25, 0.3) is 0 Å². The molecule has 1 aliphatic heterocycles. The Morgan fingerprint density at radius 3 is 2.92 bits per heavy atom. The molecule has 4 nitrogen and oxygen atoms in total. The minimum atomic E-state index is 0.0945. The van der Waals surface area contributed by atoms with Crippen LogP contribution < -0.4 is 10.6 Å². The summed E-state index contributed by atoms with van der Waals surface area (Å²) in [4.78, 5) is 13.4. The summed E-state index contributed by atoms with van der Waals surface area (Å²) in [5.74, 6) is 0.739. The average molecular weight is 185 g/mol. The molecule has 0 radical (unpaired) electrons. The molecule has 76 valence electrons. The largest absolute Gasteiger partial charge is 0.355 e. The van der Waals surface area contributed by atoms with Crippen molar-refractivity contribution < 1.29 is 4.79 Å². The fourth-order valence-corrected chi connectivity index (χ4v) is 1.67. The summed E-state index contributed by atoms with van der Waals surface area (Å²) in [5.41, 5.74) is 0. The molecule has 0 spiro atoms. The van der Waals surface area contributed by atoms with Crippen LogP contribution >= 0.6 is 0 Å². The van der Waals surface area contributed by atoms with Crippen LogP contribution in [0.3, 0.4) is 0 Å². The molecule has 1 amide bonds. The lowest BCUT2D eigenvalue weighted by atomic mass is 10.1. The van der Waals surface area contributed by atoms with Gasteiger partial charge in [-0.1, -0.05) is 0 Å². The highest BCUT2D eigenvalue weighted by atomic mass is 16.1. The number of rotatable bonds is 4. The summed E-state index contributed by atoms with van der Waals surface area (Å²) < 4.78 is 0. The molecule has 1 saturated heterocycles.